The highest BCUT2D eigenvalue weighted by Gasteiger charge is 2.52. The number of hydrogen-bond donors (Lipinski definition) is 1. The van der Waals surface area contributed by atoms with Crippen molar-refractivity contribution in [3.63, 3.8) is 0 Å². The minimum absolute atomic E-state index is 0.115. The number of benzene rings is 1. The van der Waals surface area contributed by atoms with Gasteiger partial charge in [-0.2, -0.15) is 13.2 Å². The van der Waals surface area contributed by atoms with Crippen LogP contribution < -0.4 is 5.32 Å². The predicted octanol–water partition coefficient (Wildman–Crippen LogP) is 4.12. The standard InChI is InChI=1S/C21H22F5N3O2/c1-4-29-6-5-27-18(29)16(30)10-28-19(31)13-9-12(13)11-7-14(22)17(15(23)8-11)20(2,3)21(24,25)26/h5-8,12-13H,4,9-10H2,1-3H3,(H,28,31). The molecule has 168 valence electrons. The molecule has 1 saturated carbocycles. The second-order valence-electron chi connectivity index (χ2n) is 8.11. The second-order valence-corrected chi connectivity index (χ2v) is 8.11. The Morgan fingerprint density at radius 1 is 1.19 bits per heavy atom. The first-order valence-corrected chi connectivity index (χ1v) is 9.76. The molecule has 5 nitrogen and oxygen atoms in total. The first-order valence-electron chi connectivity index (χ1n) is 9.76. The van der Waals surface area contributed by atoms with Crippen molar-refractivity contribution in [2.45, 2.75) is 51.2 Å². The number of aryl methyl sites for hydroxylation is 1. The largest absolute Gasteiger partial charge is 0.398 e. The van der Waals surface area contributed by atoms with Crippen molar-refractivity contribution in [1.29, 1.82) is 0 Å². The van der Waals surface area contributed by atoms with Crippen LogP contribution in [0.3, 0.4) is 0 Å². The Hall–Kier alpha value is -2.78. The van der Waals surface area contributed by atoms with Gasteiger partial charge in [0.1, 0.15) is 11.6 Å². The number of amides is 1. The monoisotopic (exact) mass is 443 g/mol. The van der Waals surface area contributed by atoms with E-state index < -0.39 is 46.5 Å². The number of nitrogens with zero attached hydrogens (tertiary/aromatic N) is 2. The van der Waals surface area contributed by atoms with Gasteiger partial charge in [0.2, 0.25) is 11.7 Å². The number of alkyl halides is 3. The molecule has 0 aliphatic heterocycles. The number of imidazole rings is 1. The van der Waals surface area contributed by atoms with Crippen LogP contribution in [-0.2, 0) is 16.8 Å². The molecule has 10 heteroatoms. The van der Waals surface area contributed by atoms with Crippen molar-refractivity contribution >= 4 is 11.7 Å². The molecule has 3 rings (SSSR count). The average Bonchev–Trinajstić information content (AvgIpc) is 3.33. The van der Waals surface area contributed by atoms with Gasteiger partial charge in [0.05, 0.1) is 12.0 Å². The lowest BCUT2D eigenvalue weighted by Gasteiger charge is -2.29. The van der Waals surface area contributed by atoms with Gasteiger partial charge in [-0.25, -0.2) is 13.8 Å². The van der Waals surface area contributed by atoms with Gasteiger partial charge in [-0.1, -0.05) is 0 Å². The van der Waals surface area contributed by atoms with Crippen molar-refractivity contribution in [2.75, 3.05) is 6.54 Å². The van der Waals surface area contributed by atoms with Gasteiger partial charge in [-0.05, 0) is 50.8 Å². The van der Waals surface area contributed by atoms with E-state index in [2.05, 4.69) is 10.3 Å². The maximum absolute atomic E-state index is 14.4. The van der Waals surface area contributed by atoms with Crippen molar-refractivity contribution in [2.24, 2.45) is 5.92 Å². The fraction of sp³-hybridized carbons (Fsp3) is 0.476. The fourth-order valence-corrected chi connectivity index (χ4v) is 3.59. The molecule has 2 unspecified atom stereocenters. The van der Waals surface area contributed by atoms with E-state index in [1.165, 1.54) is 6.20 Å². The molecule has 1 N–H and O–H groups in total. The Labute approximate surface area is 175 Å². The minimum Gasteiger partial charge on any atom is -0.348 e. The van der Waals surface area contributed by atoms with E-state index >= 15 is 0 Å². The molecule has 0 radical (unpaired) electrons. The number of hydrogen-bond acceptors (Lipinski definition) is 3. The SMILES string of the molecule is CCn1ccnc1C(=O)CNC(=O)C1CC1c1cc(F)c(C(C)(C)C(F)(F)F)c(F)c1. The zero-order valence-electron chi connectivity index (χ0n) is 17.2. The molecule has 0 spiro atoms. The third-order valence-corrected chi connectivity index (χ3v) is 5.68. The van der Waals surface area contributed by atoms with Crippen LogP contribution in [0.1, 0.15) is 54.9 Å². The minimum atomic E-state index is -4.84. The number of carbonyl (C=O) groups is 2. The molecule has 1 amide bonds. The van der Waals surface area contributed by atoms with Crippen LogP contribution in [0.2, 0.25) is 0 Å². The van der Waals surface area contributed by atoms with E-state index in [1.807, 2.05) is 6.92 Å². The van der Waals surface area contributed by atoms with E-state index in [0.29, 0.717) is 20.4 Å². The highest BCUT2D eigenvalue weighted by molar-refractivity contribution is 5.97. The molecule has 2 aromatic rings. The van der Waals surface area contributed by atoms with Gasteiger partial charge < -0.3 is 9.88 Å². The molecule has 1 heterocycles. The number of ketones is 1. The van der Waals surface area contributed by atoms with Crippen LogP contribution in [0, 0.1) is 17.6 Å². The number of aromatic nitrogens is 2. The highest BCUT2D eigenvalue weighted by atomic mass is 19.4. The van der Waals surface area contributed by atoms with Gasteiger partial charge in [-0.3, -0.25) is 9.59 Å². The summed E-state index contributed by atoms with van der Waals surface area (Å²) in [4.78, 5) is 28.5. The summed E-state index contributed by atoms with van der Waals surface area (Å²) in [6.45, 7) is 3.52. The zero-order valence-corrected chi connectivity index (χ0v) is 17.2. The summed E-state index contributed by atoms with van der Waals surface area (Å²) in [5.41, 5.74) is -3.64. The smallest absolute Gasteiger partial charge is 0.348 e. The van der Waals surface area contributed by atoms with E-state index in [1.54, 1.807) is 10.8 Å². The van der Waals surface area contributed by atoms with Crippen LogP contribution in [0.5, 0.6) is 0 Å². The van der Waals surface area contributed by atoms with Crippen LogP contribution in [0.15, 0.2) is 24.5 Å². The lowest BCUT2D eigenvalue weighted by atomic mass is 9.82. The number of nitrogens with one attached hydrogen (secondary N) is 1. The molecule has 0 bridgehead atoms. The first kappa shape index (κ1) is 22.9. The average molecular weight is 443 g/mol. The normalized spacial score (nSPS) is 18.7. The van der Waals surface area contributed by atoms with Gasteiger partial charge in [0, 0.05) is 30.4 Å². The van der Waals surface area contributed by atoms with Crippen molar-refractivity contribution in [3.8, 4) is 0 Å². The third kappa shape index (κ3) is 4.33. The molecule has 1 aromatic heterocycles. The second kappa shape index (κ2) is 8.05. The lowest BCUT2D eigenvalue weighted by Crippen LogP contribution is -2.38. The molecule has 2 atom stereocenters. The Morgan fingerprint density at radius 2 is 1.81 bits per heavy atom. The quantitative estimate of drug-likeness (QED) is 0.517. The summed E-state index contributed by atoms with van der Waals surface area (Å²) in [5, 5.41) is 2.49. The molecule has 31 heavy (non-hydrogen) atoms. The molecular weight excluding hydrogens is 421 g/mol. The van der Waals surface area contributed by atoms with Gasteiger partial charge in [-0.15, -0.1) is 0 Å². The van der Waals surface area contributed by atoms with Crippen LogP contribution >= 0.6 is 0 Å². The fourth-order valence-electron chi connectivity index (χ4n) is 3.59. The van der Waals surface area contributed by atoms with Crippen LogP contribution in [0.25, 0.3) is 0 Å². The molecular formula is C21H22F5N3O2. The van der Waals surface area contributed by atoms with E-state index in [9.17, 15) is 31.5 Å². The van der Waals surface area contributed by atoms with Gasteiger partial charge >= 0.3 is 6.18 Å². The highest BCUT2D eigenvalue weighted by Crippen LogP contribution is 2.49. The van der Waals surface area contributed by atoms with Crippen molar-refractivity contribution in [1.82, 2.24) is 14.9 Å². The maximum atomic E-state index is 14.4. The maximum Gasteiger partial charge on any atom is 0.398 e. The summed E-state index contributed by atoms with van der Waals surface area (Å²) >= 11 is 0. The van der Waals surface area contributed by atoms with Gasteiger partial charge in [0.25, 0.3) is 0 Å². The summed E-state index contributed by atoms with van der Waals surface area (Å²) in [6, 6.07) is 1.71. The topological polar surface area (TPSA) is 64.0 Å². The van der Waals surface area contributed by atoms with E-state index in [4.69, 9.17) is 0 Å². The Balaban J connectivity index is 1.67. The molecule has 0 saturated heterocycles. The summed E-state index contributed by atoms with van der Waals surface area (Å²) < 4.78 is 70.1. The predicted molar refractivity (Wildman–Crippen MR) is 102 cm³/mol. The van der Waals surface area contributed by atoms with Crippen molar-refractivity contribution in [3.05, 3.63) is 53.1 Å². The van der Waals surface area contributed by atoms with Crippen molar-refractivity contribution < 1.29 is 31.5 Å². The lowest BCUT2D eigenvalue weighted by molar-refractivity contribution is -0.181. The molecule has 1 aromatic carbocycles. The summed E-state index contributed by atoms with van der Waals surface area (Å²) in [6.07, 6.45) is -1.44. The molecule has 1 fully saturated rings. The third-order valence-electron chi connectivity index (χ3n) is 5.68. The number of Topliss-reactive ketones (excluding diaryl/α,β-unsaturated/α-hetero) is 1. The number of halogens is 5. The molecule has 1 aliphatic rings. The van der Waals surface area contributed by atoms with Crippen LogP contribution in [-0.4, -0.2) is 34.0 Å². The summed E-state index contributed by atoms with van der Waals surface area (Å²) in [7, 11) is 0. The number of carbonyl (C=O) groups excluding carboxylic acids is 2. The van der Waals surface area contributed by atoms with Crippen LogP contribution in [0.4, 0.5) is 22.0 Å². The van der Waals surface area contributed by atoms with Gasteiger partial charge in [0.15, 0.2) is 5.82 Å². The van der Waals surface area contributed by atoms with E-state index in [0.717, 1.165) is 12.1 Å². The number of rotatable bonds is 7. The Kier molecular flexibility index (Phi) is 5.94. The first-order chi connectivity index (χ1) is 14.4. The molecule has 1 aliphatic carbocycles. The Morgan fingerprint density at radius 3 is 2.35 bits per heavy atom. The zero-order chi connectivity index (χ0) is 23.1. The van der Waals surface area contributed by atoms with E-state index in [-0.39, 0.29) is 30.1 Å². The summed E-state index contributed by atoms with van der Waals surface area (Å²) in [5.74, 6) is -4.38. The Bertz CT molecular complexity index is 990.